The van der Waals surface area contributed by atoms with Gasteiger partial charge in [-0.3, -0.25) is 9.69 Å². The molecule has 0 radical (unpaired) electrons. The largest absolute Gasteiger partial charge is 0.471 e. The Labute approximate surface area is 239 Å². The van der Waals surface area contributed by atoms with Crippen LogP contribution in [0, 0.1) is 13.8 Å². The van der Waals surface area contributed by atoms with Gasteiger partial charge in [-0.25, -0.2) is 18.1 Å². The van der Waals surface area contributed by atoms with Gasteiger partial charge in [0, 0.05) is 43.4 Å². The van der Waals surface area contributed by atoms with Crippen LogP contribution in [0.15, 0.2) is 83.8 Å². The van der Waals surface area contributed by atoms with Crippen molar-refractivity contribution in [2.45, 2.75) is 31.4 Å². The second-order valence-electron chi connectivity index (χ2n) is 10.5. The first-order valence-electron chi connectivity index (χ1n) is 13.6. The predicted molar refractivity (Wildman–Crippen MR) is 156 cm³/mol. The van der Waals surface area contributed by atoms with Gasteiger partial charge < -0.3 is 9.64 Å². The minimum Gasteiger partial charge on any atom is -0.471 e. The Morgan fingerprint density at radius 1 is 0.902 bits per heavy atom. The molecular formula is C31H31N5O4S. The van der Waals surface area contributed by atoms with Gasteiger partial charge in [0.25, 0.3) is 15.9 Å². The van der Waals surface area contributed by atoms with Crippen LogP contribution in [0.2, 0.25) is 0 Å². The van der Waals surface area contributed by atoms with Crippen molar-refractivity contribution < 1.29 is 17.9 Å². The zero-order chi connectivity index (χ0) is 28.6. The van der Waals surface area contributed by atoms with Crippen molar-refractivity contribution in [2.75, 3.05) is 30.9 Å². The maximum atomic E-state index is 13.7. The summed E-state index contributed by atoms with van der Waals surface area (Å²) in [5, 5.41) is 0. The molecule has 1 N–H and O–H groups in total. The molecule has 1 amide bonds. The number of sulfonamides is 1. The SMILES string of the molecule is Cc1cccc(C)c1-c1cc2nc(n1)NS(=O)(=O)c1cccc(c1)C(=O)N1CCN(Cc3ccccc3)CC(C1)O2. The van der Waals surface area contributed by atoms with Gasteiger partial charge >= 0.3 is 0 Å². The van der Waals surface area contributed by atoms with Crippen molar-refractivity contribution >= 4 is 21.9 Å². The molecule has 3 aromatic carbocycles. The Balaban J connectivity index is 1.46. The minimum atomic E-state index is -4.08. The molecule has 2 aliphatic heterocycles. The van der Waals surface area contributed by atoms with E-state index in [1.807, 2.05) is 50.2 Å². The van der Waals surface area contributed by atoms with Gasteiger partial charge in [-0.1, -0.05) is 54.6 Å². The number of anilines is 1. The average molecular weight is 570 g/mol. The Kier molecular flexibility index (Phi) is 7.19. The minimum absolute atomic E-state index is 0.0387. The van der Waals surface area contributed by atoms with E-state index in [1.54, 1.807) is 23.1 Å². The fourth-order valence-electron chi connectivity index (χ4n) is 5.49. The van der Waals surface area contributed by atoms with Gasteiger partial charge in [0.05, 0.1) is 17.1 Å². The number of aromatic nitrogens is 2. The summed E-state index contributed by atoms with van der Waals surface area (Å²) in [6.07, 6.45) is -0.417. The lowest BCUT2D eigenvalue weighted by Gasteiger charge is -2.25. The fourth-order valence-corrected chi connectivity index (χ4v) is 6.48. The molecule has 0 saturated carbocycles. The van der Waals surface area contributed by atoms with Gasteiger partial charge in [0.2, 0.25) is 11.8 Å². The predicted octanol–water partition coefficient (Wildman–Crippen LogP) is 4.28. The van der Waals surface area contributed by atoms with Crippen molar-refractivity contribution in [1.29, 1.82) is 0 Å². The molecular weight excluding hydrogens is 538 g/mol. The van der Waals surface area contributed by atoms with Crippen molar-refractivity contribution in [3.63, 3.8) is 0 Å². The summed E-state index contributed by atoms with van der Waals surface area (Å²) in [7, 11) is -4.08. The van der Waals surface area contributed by atoms with E-state index in [0.29, 0.717) is 44.0 Å². The molecule has 1 saturated heterocycles. The van der Waals surface area contributed by atoms with Crippen molar-refractivity contribution in [2.24, 2.45) is 0 Å². The third kappa shape index (κ3) is 5.79. The van der Waals surface area contributed by atoms with Crippen LogP contribution in [-0.2, 0) is 16.6 Å². The molecule has 1 atom stereocenters. The first-order chi connectivity index (χ1) is 19.7. The molecule has 1 aromatic heterocycles. The number of nitrogens with one attached hydrogen (secondary N) is 1. The van der Waals surface area contributed by atoms with Crippen LogP contribution in [0.3, 0.4) is 0 Å². The second kappa shape index (κ2) is 10.9. The Bertz CT molecular complexity index is 1690. The monoisotopic (exact) mass is 569 g/mol. The number of carbonyl (C=O) groups excluding carboxylic acids is 1. The fraction of sp³-hybridized carbons (Fsp3) is 0.258. The third-order valence-electron chi connectivity index (χ3n) is 7.45. The number of amides is 1. The number of rotatable bonds is 3. The Morgan fingerprint density at radius 2 is 1.66 bits per heavy atom. The van der Waals surface area contributed by atoms with Crippen LogP contribution in [0.1, 0.15) is 27.0 Å². The number of ether oxygens (including phenoxy) is 1. The number of carbonyl (C=O) groups is 1. The van der Waals surface area contributed by atoms with Crippen LogP contribution in [0.25, 0.3) is 11.3 Å². The van der Waals surface area contributed by atoms with E-state index in [0.717, 1.165) is 16.7 Å². The summed E-state index contributed by atoms with van der Waals surface area (Å²) in [5.41, 5.74) is 4.89. The quantitative estimate of drug-likeness (QED) is 0.393. The summed E-state index contributed by atoms with van der Waals surface area (Å²) in [5.74, 6) is -0.103. The van der Waals surface area contributed by atoms with Gasteiger partial charge in [-0.2, -0.15) is 4.98 Å². The van der Waals surface area contributed by atoms with Crippen LogP contribution < -0.4 is 9.46 Å². The standard InChI is InChI=1S/C31H31N5O4S/c1-21-8-6-9-22(2)29(21)27-17-28-33-31(32-27)34-41(38,39)26-13-7-12-24(16-26)30(37)36-15-14-35(19-25(20-36)40-28)18-23-10-4-3-5-11-23/h3-13,16-17,25H,14-15,18-20H2,1-2H3,(H,32,33,34). The first kappa shape index (κ1) is 26.9. The van der Waals surface area contributed by atoms with Crippen LogP contribution in [-0.4, -0.2) is 66.4 Å². The number of fused-ring (bicyclic) bond motifs is 6. The van der Waals surface area contributed by atoms with Crippen molar-refractivity contribution in [1.82, 2.24) is 19.8 Å². The number of aryl methyl sites for hydroxylation is 2. The maximum absolute atomic E-state index is 13.7. The van der Waals surface area contributed by atoms with E-state index >= 15 is 0 Å². The topological polar surface area (TPSA) is 105 Å². The van der Waals surface area contributed by atoms with E-state index < -0.39 is 16.1 Å². The summed E-state index contributed by atoms with van der Waals surface area (Å²) >= 11 is 0. The molecule has 1 fully saturated rings. The highest BCUT2D eigenvalue weighted by molar-refractivity contribution is 7.92. The van der Waals surface area contributed by atoms with E-state index in [2.05, 4.69) is 31.7 Å². The van der Waals surface area contributed by atoms with Crippen molar-refractivity contribution in [3.8, 4) is 17.1 Å². The van der Waals surface area contributed by atoms with Gasteiger partial charge in [-0.15, -0.1) is 0 Å². The summed E-state index contributed by atoms with van der Waals surface area (Å²) < 4.78 is 35.8. The first-order valence-corrected chi connectivity index (χ1v) is 15.0. The van der Waals surface area contributed by atoms with Gasteiger partial charge in [0.1, 0.15) is 6.10 Å². The summed E-state index contributed by atoms with van der Waals surface area (Å²) in [6.45, 7) is 6.68. The molecule has 1 unspecified atom stereocenters. The second-order valence-corrected chi connectivity index (χ2v) is 12.2. The van der Waals surface area contributed by atoms with E-state index in [1.165, 1.54) is 17.7 Å². The highest BCUT2D eigenvalue weighted by Gasteiger charge is 2.30. The number of hydrogen-bond donors (Lipinski definition) is 1. The highest BCUT2D eigenvalue weighted by Crippen LogP contribution is 2.30. The number of hydrogen-bond acceptors (Lipinski definition) is 7. The molecule has 6 rings (SSSR count). The zero-order valence-electron chi connectivity index (χ0n) is 22.9. The normalized spacial score (nSPS) is 18.6. The Morgan fingerprint density at radius 3 is 2.44 bits per heavy atom. The lowest BCUT2D eigenvalue weighted by Crippen LogP contribution is -2.40. The van der Waals surface area contributed by atoms with E-state index in [9.17, 15) is 13.2 Å². The summed E-state index contributed by atoms with van der Waals surface area (Å²) in [6, 6.07) is 23.9. The van der Waals surface area contributed by atoms with Crippen molar-refractivity contribution in [3.05, 3.63) is 101 Å². The molecule has 6 bridgehead atoms. The molecule has 10 heteroatoms. The maximum Gasteiger partial charge on any atom is 0.264 e. The number of nitrogens with zero attached hydrogens (tertiary/aromatic N) is 4. The molecule has 0 aliphatic carbocycles. The molecule has 41 heavy (non-hydrogen) atoms. The number of benzene rings is 3. The smallest absolute Gasteiger partial charge is 0.264 e. The Hall–Kier alpha value is -4.28. The molecule has 9 nitrogen and oxygen atoms in total. The summed E-state index contributed by atoms with van der Waals surface area (Å²) in [4.78, 5) is 26.7. The van der Waals surface area contributed by atoms with Crippen LogP contribution in [0.5, 0.6) is 5.88 Å². The van der Waals surface area contributed by atoms with E-state index in [4.69, 9.17) is 4.74 Å². The third-order valence-corrected chi connectivity index (χ3v) is 8.78. The zero-order valence-corrected chi connectivity index (χ0v) is 23.8. The lowest BCUT2D eigenvalue weighted by molar-refractivity contribution is 0.0690. The van der Waals surface area contributed by atoms with E-state index in [-0.39, 0.29) is 22.6 Å². The van der Waals surface area contributed by atoms with Crippen LogP contribution in [0.4, 0.5) is 5.95 Å². The molecule has 4 aromatic rings. The van der Waals surface area contributed by atoms with Gasteiger partial charge in [-0.05, 0) is 48.7 Å². The van der Waals surface area contributed by atoms with Gasteiger partial charge in [0.15, 0.2) is 0 Å². The highest BCUT2D eigenvalue weighted by atomic mass is 32.2. The molecule has 0 spiro atoms. The van der Waals surface area contributed by atoms with Crippen LogP contribution >= 0.6 is 0 Å². The molecule has 3 heterocycles. The molecule has 2 aliphatic rings. The molecule has 210 valence electrons. The lowest BCUT2D eigenvalue weighted by atomic mass is 10.00. The average Bonchev–Trinajstić information content (AvgIpc) is 3.14.